The van der Waals surface area contributed by atoms with Crippen molar-refractivity contribution < 1.29 is 57.2 Å². The largest absolute Gasteiger partial charge is 0.506 e. The molecule has 1 N–H and O–H groups in total. The van der Waals surface area contributed by atoms with E-state index in [0.717, 1.165) is 76.4 Å². The van der Waals surface area contributed by atoms with Gasteiger partial charge in [-0.25, -0.2) is 9.48 Å². The highest BCUT2D eigenvalue weighted by Gasteiger charge is 2.53. The van der Waals surface area contributed by atoms with Crippen LogP contribution in [0.2, 0.25) is 0 Å². The van der Waals surface area contributed by atoms with E-state index in [9.17, 15) is 33.9 Å². The van der Waals surface area contributed by atoms with Crippen LogP contribution >= 0.6 is 0 Å². The first-order chi connectivity index (χ1) is 25.3. The zero-order valence-electron chi connectivity index (χ0n) is 30.0. The number of hydrogen-bond acceptors (Lipinski definition) is 16. The van der Waals surface area contributed by atoms with Crippen molar-refractivity contribution in [3.8, 4) is 5.75 Å². The second-order valence-electron chi connectivity index (χ2n) is 13.5. The maximum absolute atomic E-state index is 13.3. The highest BCUT2D eigenvalue weighted by atomic mass is 16.7. The molecule has 17 heteroatoms. The predicted molar refractivity (Wildman–Crippen MR) is 182 cm³/mol. The van der Waals surface area contributed by atoms with E-state index in [2.05, 4.69) is 15.2 Å². The number of benzene rings is 1. The molecule has 5 heterocycles. The van der Waals surface area contributed by atoms with Crippen LogP contribution in [-0.2, 0) is 62.1 Å². The molecule has 1 saturated heterocycles. The Hall–Kier alpha value is -5.32. The van der Waals surface area contributed by atoms with Crippen LogP contribution in [0.25, 0.3) is 11.0 Å². The van der Waals surface area contributed by atoms with Crippen LogP contribution in [0.5, 0.6) is 5.75 Å². The Balaban J connectivity index is 1.16. The molecule has 0 radical (unpaired) electrons. The molecular weight excluding hydrogens is 696 g/mol. The smallest absolute Gasteiger partial charge is 0.351 e. The summed E-state index contributed by atoms with van der Waals surface area (Å²) in [5.74, 6) is -3.79. The van der Waals surface area contributed by atoms with Gasteiger partial charge in [0.1, 0.15) is 29.6 Å². The predicted octanol–water partition coefficient (Wildman–Crippen LogP) is 2.64. The van der Waals surface area contributed by atoms with Gasteiger partial charge in [0.15, 0.2) is 30.3 Å². The number of aryl methyl sites for hydroxylation is 3. The number of esters is 4. The lowest BCUT2D eigenvalue weighted by molar-refractivity contribution is -0.270. The molecule has 3 aliphatic rings. The van der Waals surface area contributed by atoms with Gasteiger partial charge in [0.2, 0.25) is 0 Å². The van der Waals surface area contributed by atoms with Crippen LogP contribution in [0, 0.1) is 0 Å². The zero-order chi connectivity index (χ0) is 38.0. The van der Waals surface area contributed by atoms with Crippen molar-refractivity contribution >= 4 is 46.3 Å². The number of fused-ring (bicyclic) bond motifs is 2. The second-order valence-corrected chi connectivity index (χ2v) is 13.5. The molecule has 2 aromatic heterocycles. The molecule has 53 heavy (non-hydrogen) atoms. The molecule has 1 fully saturated rings. The number of carbonyl (C=O) groups excluding carboxylic acids is 5. The molecule has 284 valence electrons. The highest BCUT2D eigenvalue weighted by molar-refractivity contribution is 6.04. The van der Waals surface area contributed by atoms with Gasteiger partial charge in [0.25, 0.3) is 0 Å². The van der Waals surface area contributed by atoms with Gasteiger partial charge in [-0.1, -0.05) is 5.21 Å². The minimum Gasteiger partial charge on any atom is -0.506 e. The minimum atomic E-state index is -1.37. The van der Waals surface area contributed by atoms with Crippen LogP contribution in [0.1, 0.15) is 93.2 Å². The maximum atomic E-state index is 13.3. The maximum Gasteiger partial charge on any atom is 0.351 e. The van der Waals surface area contributed by atoms with Gasteiger partial charge >= 0.3 is 29.5 Å². The summed E-state index contributed by atoms with van der Waals surface area (Å²) in [7, 11) is 0. The molecule has 0 amide bonds. The van der Waals surface area contributed by atoms with Crippen molar-refractivity contribution in [2.45, 2.75) is 110 Å². The third-order valence-electron chi connectivity index (χ3n) is 9.51. The standard InChI is InChI=1S/C36H42N4O13/c1-18(41)48-17-27-32(49-19(2)42)33(50-20(3)43)34(51-21(4)44)35(52-27)40-16-23(37-38-40)10-5-6-12-26(45)28-30(46)25-15-22-9-7-13-39-14-8-11-24(29(22)39)31(25)53-36(28)47/h15-16,27,32-35,46H,5-14,17H2,1-4H3/t27-,32-,33+,34-,35-/m1/s1. The monoisotopic (exact) mass is 738 g/mol. The van der Waals surface area contributed by atoms with Crippen LogP contribution in [-0.4, -0.2) is 93.9 Å². The number of aromatic hydroxyl groups is 1. The number of anilines is 1. The minimum absolute atomic E-state index is 0.0385. The van der Waals surface area contributed by atoms with Gasteiger partial charge in [0, 0.05) is 58.5 Å². The second kappa shape index (κ2) is 15.7. The van der Waals surface area contributed by atoms with Gasteiger partial charge in [-0.3, -0.25) is 24.0 Å². The number of ketones is 1. The summed E-state index contributed by atoms with van der Waals surface area (Å²) in [5.41, 5.74) is 2.66. The lowest BCUT2D eigenvalue weighted by atomic mass is 9.89. The highest BCUT2D eigenvalue weighted by Crippen LogP contribution is 2.42. The molecule has 3 aromatic rings. The number of rotatable bonds is 12. The average Bonchev–Trinajstić information content (AvgIpc) is 3.56. The van der Waals surface area contributed by atoms with E-state index in [4.69, 9.17) is 28.1 Å². The van der Waals surface area contributed by atoms with E-state index >= 15 is 0 Å². The molecule has 0 aliphatic carbocycles. The van der Waals surface area contributed by atoms with Crippen molar-refractivity contribution in [2.75, 3.05) is 24.6 Å². The van der Waals surface area contributed by atoms with Gasteiger partial charge in [-0.05, 0) is 56.6 Å². The molecule has 17 nitrogen and oxygen atoms in total. The molecule has 0 unspecified atom stereocenters. The molecule has 0 bridgehead atoms. The molecule has 0 spiro atoms. The van der Waals surface area contributed by atoms with Crippen molar-refractivity contribution in [3.05, 3.63) is 45.1 Å². The molecule has 0 saturated carbocycles. The summed E-state index contributed by atoms with van der Waals surface area (Å²) < 4.78 is 34.6. The first-order valence-electron chi connectivity index (χ1n) is 17.7. The summed E-state index contributed by atoms with van der Waals surface area (Å²) in [6.07, 6.45) is -0.396. The van der Waals surface area contributed by atoms with E-state index in [1.54, 1.807) is 0 Å². The summed E-state index contributed by atoms with van der Waals surface area (Å²) >= 11 is 0. The number of nitrogens with zero attached hydrogens (tertiary/aromatic N) is 4. The number of unbranched alkanes of at least 4 members (excludes halogenated alkanes) is 1. The number of carbonyl (C=O) groups is 5. The third kappa shape index (κ3) is 8.04. The van der Waals surface area contributed by atoms with E-state index < -0.39 is 72.5 Å². The van der Waals surface area contributed by atoms with E-state index in [1.165, 1.54) is 17.8 Å². The van der Waals surface area contributed by atoms with Crippen LogP contribution < -0.4 is 10.5 Å². The van der Waals surface area contributed by atoms with Crippen LogP contribution in [0.4, 0.5) is 5.69 Å². The molecule has 3 aliphatic heterocycles. The normalized spacial score (nSPS) is 22.1. The summed E-state index contributed by atoms with van der Waals surface area (Å²) in [6, 6.07) is 1.84. The molecule has 1 aromatic carbocycles. The van der Waals surface area contributed by atoms with E-state index in [0.29, 0.717) is 35.9 Å². The summed E-state index contributed by atoms with van der Waals surface area (Å²) in [6.45, 7) is 6.05. The first-order valence-corrected chi connectivity index (χ1v) is 17.7. The van der Waals surface area contributed by atoms with E-state index in [-0.39, 0.29) is 17.7 Å². The first kappa shape index (κ1) is 37.4. The quantitative estimate of drug-likeness (QED) is 0.0929. The Morgan fingerprint density at radius 2 is 1.58 bits per heavy atom. The Morgan fingerprint density at radius 1 is 0.906 bits per heavy atom. The van der Waals surface area contributed by atoms with Crippen molar-refractivity contribution in [3.63, 3.8) is 0 Å². The fourth-order valence-corrected chi connectivity index (χ4v) is 7.43. The van der Waals surface area contributed by atoms with Crippen LogP contribution in [0.3, 0.4) is 0 Å². The van der Waals surface area contributed by atoms with Gasteiger partial charge < -0.3 is 38.1 Å². The number of aromatic nitrogens is 3. The van der Waals surface area contributed by atoms with E-state index in [1.807, 2.05) is 6.07 Å². The molecule has 6 rings (SSSR count). The third-order valence-corrected chi connectivity index (χ3v) is 9.51. The van der Waals surface area contributed by atoms with Gasteiger partial charge in [0.05, 0.1) is 17.3 Å². The zero-order valence-corrected chi connectivity index (χ0v) is 30.0. The molecular formula is C36H42N4O13. The fraction of sp³-hybridized carbons (Fsp3) is 0.556. The average molecular weight is 739 g/mol. The number of hydrogen-bond donors (Lipinski definition) is 1. The van der Waals surface area contributed by atoms with Crippen molar-refractivity contribution in [1.29, 1.82) is 0 Å². The van der Waals surface area contributed by atoms with Gasteiger partial charge in [-0.15, -0.1) is 5.10 Å². The number of Topliss-reactive ketones (excluding diaryl/α,β-unsaturated/α-hetero) is 1. The number of ether oxygens (including phenoxy) is 5. The SMILES string of the molecule is CC(=O)OC[C@H]1O[C@@H](n2cc(CCCCC(=O)c3c(O)c4cc5c6c(c4oc3=O)CCCN6CCC5)nn2)[C@H](OC(C)=O)[C@@H](OC(C)=O)[C@@H]1OC(C)=O. The molecule has 5 atom stereocenters. The lowest BCUT2D eigenvalue weighted by Gasteiger charge is -2.44. The topological polar surface area (TPSA) is 216 Å². The van der Waals surface area contributed by atoms with Crippen LogP contribution in [0.15, 0.2) is 21.5 Å². The summed E-state index contributed by atoms with van der Waals surface area (Å²) in [4.78, 5) is 76.6. The van der Waals surface area contributed by atoms with Gasteiger partial charge in [-0.2, -0.15) is 0 Å². The Morgan fingerprint density at radius 3 is 2.28 bits per heavy atom. The Labute approximate surface area is 303 Å². The fourth-order valence-electron chi connectivity index (χ4n) is 7.43. The Bertz CT molecular complexity index is 1990. The lowest BCUT2D eigenvalue weighted by Crippen LogP contribution is -2.60. The van der Waals surface area contributed by atoms with Crippen molar-refractivity contribution in [1.82, 2.24) is 15.0 Å². The van der Waals surface area contributed by atoms with Crippen molar-refractivity contribution in [2.24, 2.45) is 0 Å². The Kier molecular flexibility index (Phi) is 11.1. The summed E-state index contributed by atoms with van der Waals surface area (Å²) in [5, 5.41) is 19.9.